The van der Waals surface area contributed by atoms with Crippen LogP contribution < -0.4 is 5.32 Å². The van der Waals surface area contributed by atoms with Crippen LogP contribution in [0.4, 0.5) is 0 Å². The quantitative estimate of drug-likeness (QED) is 0.908. The summed E-state index contributed by atoms with van der Waals surface area (Å²) in [5.74, 6) is 0.651. The molecule has 100 valence electrons. The van der Waals surface area contributed by atoms with Gasteiger partial charge in [0.1, 0.15) is 0 Å². The van der Waals surface area contributed by atoms with E-state index in [4.69, 9.17) is 0 Å². The second-order valence-corrected chi connectivity index (χ2v) is 5.27. The standard InChI is InChI=1S/C14H19N5/c1-9-6-10(2)19(18-9)14-16-8-12(11(3)17-14)7-15-13-4-5-13/h6,8,13,15H,4-5,7H2,1-3H3. The van der Waals surface area contributed by atoms with E-state index in [1.165, 1.54) is 12.8 Å². The van der Waals surface area contributed by atoms with Crippen LogP contribution >= 0.6 is 0 Å². The lowest BCUT2D eigenvalue weighted by molar-refractivity contribution is 0.674. The van der Waals surface area contributed by atoms with Gasteiger partial charge in [0.05, 0.1) is 5.69 Å². The van der Waals surface area contributed by atoms with E-state index in [1.54, 1.807) is 4.68 Å². The van der Waals surface area contributed by atoms with E-state index < -0.39 is 0 Å². The van der Waals surface area contributed by atoms with Gasteiger partial charge in [-0.1, -0.05) is 0 Å². The number of hydrogen-bond acceptors (Lipinski definition) is 4. The third-order valence-electron chi connectivity index (χ3n) is 3.43. The number of nitrogens with one attached hydrogen (secondary N) is 1. The minimum absolute atomic E-state index is 0.651. The summed E-state index contributed by atoms with van der Waals surface area (Å²) in [5.41, 5.74) is 4.22. The molecule has 5 nitrogen and oxygen atoms in total. The normalized spacial score (nSPS) is 14.9. The summed E-state index contributed by atoms with van der Waals surface area (Å²) in [7, 11) is 0. The third-order valence-corrected chi connectivity index (χ3v) is 3.43. The van der Waals surface area contributed by atoms with Crippen LogP contribution in [-0.4, -0.2) is 25.8 Å². The Morgan fingerprint density at radius 2 is 2.11 bits per heavy atom. The van der Waals surface area contributed by atoms with Gasteiger partial charge < -0.3 is 5.32 Å². The highest BCUT2D eigenvalue weighted by Gasteiger charge is 2.20. The molecule has 2 heterocycles. The molecule has 0 aliphatic heterocycles. The minimum Gasteiger partial charge on any atom is -0.310 e. The summed E-state index contributed by atoms with van der Waals surface area (Å²) < 4.78 is 1.79. The van der Waals surface area contributed by atoms with Crippen molar-refractivity contribution in [1.82, 2.24) is 25.1 Å². The molecule has 1 saturated carbocycles. The third kappa shape index (κ3) is 2.66. The average Bonchev–Trinajstić information content (AvgIpc) is 3.12. The second kappa shape index (κ2) is 4.74. The molecule has 1 aliphatic rings. The first-order chi connectivity index (χ1) is 9.13. The van der Waals surface area contributed by atoms with Gasteiger partial charge in [-0.05, 0) is 39.7 Å². The highest BCUT2D eigenvalue weighted by atomic mass is 15.4. The molecular formula is C14H19N5. The molecule has 2 aromatic rings. The summed E-state index contributed by atoms with van der Waals surface area (Å²) in [6.45, 7) is 6.88. The largest absolute Gasteiger partial charge is 0.310 e. The fourth-order valence-electron chi connectivity index (χ4n) is 2.13. The summed E-state index contributed by atoms with van der Waals surface area (Å²) in [6.07, 6.45) is 4.50. The zero-order valence-corrected chi connectivity index (χ0v) is 11.6. The fraction of sp³-hybridized carbons (Fsp3) is 0.500. The molecule has 5 heteroatoms. The smallest absolute Gasteiger partial charge is 0.250 e. The Morgan fingerprint density at radius 1 is 1.32 bits per heavy atom. The van der Waals surface area contributed by atoms with E-state index in [-0.39, 0.29) is 0 Å². The van der Waals surface area contributed by atoms with Gasteiger partial charge >= 0.3 is 0 Å². The zero-order valence-electron chi connectivity index (χ0n) is 11.6. The van der Waals surface area contributed by atoms with Gasteiger partial charge in [-0.15, -0.1) is 0 Å². The van der Waals surface area contributed by atoms with Gasteiger partial charge in [0.25, 0.3) is 5.95 Å². The van der Waals surface area contributed by atoms with Gasteiger partial charge in [0.2, 0.25) is 0 Å². The highest BCUT2D eigenvalue weighted by Crippen LogP contribution is 2.19. The molecule has 2 aromatic heterocycles. The van der Waals surface area contributed by atoms with Crippen molar-refractivity contribution in [3.05, 3.63) is 34.9 Å². The first kappa shape index (κ1) is 12.3. The molecule has 19 heavy (non-hydrogen) atoms. The van der Waals surface area contributed by atoms with Gasteiger partial charge in [-0.3, -0.25) is 0 Å². The van der Waals surface area contributed by atoms with Crippen LogP contribution in [-0.2, 0) is 6.54 Å². The van der Waals surface area contributed by atoms with E-state index >= 15 is 0 Å². The molecule has 1 N–H and O–H groups in total. The van der Waals surface area contributed by atoms with E-state index in [9.17, 15) is 0 Å². The predicted octanol–water partition coefficient (Wildman–Crippen LogP) is 1.84. The van der Waals surface area contributed by atoms with Crippen LogP contribution in [0.2, 0.25) is 0 Å². The van der Waals surface area contributed by atoms with Crippen molar-refractivity contribution < 1.29 is 0 Å². The number of aryl methyl sites for hydroxylation is 3. The molecule has 0 spiro atoms. The molecule has 3 rings (SSSR count). The second-order valence-electron chi connectivity index (χ2n) is 5.27. The van der Waals surface area contributed by atoms with Gasteiger partial charge in [-0.2, -0.15) is 5.10 Å². The monoisotopic (exact) mass is 257 g/mol. The lowest BCUT2D eigenvalue weighted by atomic mass is 10.2. The molecular weight excluding hydrogens is 238 g/mol. The molecule has 1 fully saturated rings. The predicted molar refractivity (Wildman–Crippen MR) is 73.2 cm³/mol. The Morgan fingerprint density at radius 3 is 2.68 bits per heavy atom. The molecule has 0 amide bonds. The van der Waals surface area contributed by atoms with E-state index in [2.05, 4.69) is 20.4 Å². The number of aromatic nitrogens is 4. The Hall–Kier alpha value is -1.75. The summed E-state index contributed by atoms with van der Waals surface area (Å²) in [5, 5.41) is 7.90. The highest BCUT2D eigenvalue weighted by molar-refractivity contribution is 5.24. The van der Waals surface area contributed by atoms with E-state index in [0.29, 0.717) is 12.0 Å². The molecule has 0 bridgehead atoms. The van der Waals surface area contributed by atoms with Crippen molar-refractivity contribution in [3.63, 3.8) is 0 Å². The van der Waals surface area contributed by atoms with Crippen LogP contribution in [0.25, 0.3) is 5.95 Å². The number of hydrogen-bond donors (Lipinski definition) is 1. The van der Waals surface area contributed by atoms with E-state index in [1.807, 2.05) is 33.0 Å². The average molecular weight is 257 g/mol. The summed E-state index contributed by atoms with van der Waals surface area (Å²) in [6, 6.07) is 2.73. The van der Waals surface area contributed by atoms with Crippen molar-refractivity contribution in [2.24, 2.45) is 0 Å². The minimum atomic E-state index is 0.651. The zero-order chi connectivity index (χ0) is 13.4. The molecule has 0 saturated heterocycles. The van der Waals surface area contributed by atoms with Crippen molar-refractivity contribution in [2.75, 3.05) is 0 Å². The summed E-state index contributed by atoms with van der Waals surface area (Å²) in [4.78, 5) is 9.00. The van der Waals surface area contributed by atoms with Crippen molar-refractivity contribution in [3.8, 4) is 5.95 Å². The molecule has 0 unspecified atom stereocenters. The Bertz CT molecular complexity index is 598. The van der Waals surface area contributed by atoms with Gasteiger partial charge in [0, 0.05) is 35.7 Å². The molecule has 0 radical (unpaired) electrons. The molecule has 0 atom stereocenters. The maximum absolute atomic E-state index is 4.57. The maximum Gasteiger partial charge on any atom is 0.250 e. The topological polar surface area (TPSA) is 55.6 Å². The van der Waals surface area contributed by atoms with Crippen LogP contribution in [0.1, 0.15) is 35.5 Å². The molecule has 1 aliphatic carbocycles. The first-order valence-electron chi connectivity index (χ1n) is 6.73. The SMILES string of the molecule is Cc1cc(C)n(-c2ncc(CNC3CC3)c(C)n2)n1. The van der Waals surface area contributed by atoms with Crippen molar-refractivity contribution >= 4 is 0 Å². The van der Waals surface area contributed by atoms with Crippen molar-refractivity contribution in [2.45, 2.75) is 46.2 Å². The lowest BCUT2D eigenvalue weighted by Crippen LogP contribution is -2.17. The number of rotatable bonds is 4. The Balaban J connectivity index is 1.83. The Labute approximate surface area is 113 Å². The first-order valence-corrected chi connectivity index (χ1v) is 6.73. The van der Waals surface area contributed by atoms with Crippen LogP contribution in [0.3, 0.4) is 0 Å². The van der Waals surface area contributed by atoms with Gasteiger partial charge in [-0.25, -0.2) is 14.6 Å². The van der Waals surface area contributed by atoms with Crippen molar-refractivity contribution in [1.29, 1.82) is 0 Å². The fourth-order valence-corrected chi connectivity index (χ4v) is 2.13. The molecule has 0 aromatic carbocycles. The van der Waals surface area contributed by atoms with Crippen LogP contribution in [0.15, 0.2) is 12.3 Å². The maximum atomic E-state index is 4.57. The Kier molecular flexibility index (Phi) is 3.06. The summed E-state index contributed by atoms with van der Waals surface area (Å²) >= 11 is 0. The number of nitrogens with zero attached hydrogens (tertiary/aromatic N) is 4. The lowest BCUT2D eigenvalue weighted by Gasteiger charge is -2.08. The van der Waals surface area contributed by atoms with Crippen LogP contribution in [0.5, 0.6) is 0 Å². The van der Waals surface area contributed by atoms with Crippen LogP contribution in [0, 0.1) is 20.8 Å². The van der Waals surface area contributed by atoms with Gasteiger partial charge in [0.15, 0.2) is 0 Å². The van der Waals surface area contributed by atoms with E-state index in [0.717, 1.165) is 29.2 Å².